The number of rotatable bonds is 8. The number of aromatic nitrogens is 1. The van der Waals surface area contributed by atoms with Crippen molar-refractivity contribution in [2.45, 2.75) is 19.5 Å². The monoisotopic (exact) mass is 534 g/mol. The van der Waals surface area contributed by atoms with Crippen LogP contribution < -0.4 is 14.8 Å². The fourth-order valence-electron chi connectivity index (χ4n) is 3.92. The SMILES string of the molecule is COc1cccnc1C(=O)N1CCN(Cc2ccc(C(=O)NCc3ccccc3OC(F)(F)F)s2)CC1. The number of carbonyl (C=O) groups is 2. The molecule has 1 aliphatic rings. The Kier molecular flexibility index (Phi) is 8.29. The molecule has 0 aliphatic carbocycles. The Balaban J connectivity index is 1.28. The fourth-order valence-corrected chi connectivity index (χ4v) is 4.88. The lowest BCUT2D eigenvalue weighted by Crippen LogP contribution is -2.48. The molecule has 2 amide bonds. The summed E-state index contributed by atoms with van der Waals surface area (Å²) < 4.78 is 47.1. The van der Waals surface area contributed by atoms with Crippen molar-refractivity contribution in [3.63, 3.8) is 0 Å². The lowest BCUT2D eigenvalue weighted by Gasteiger charge is -2.34. The zero-order chi connectivity index (χ0) is 26.4. The first-order valence-electron chi connectivity index (χ1n) is 11.4. The number of ether oxygens (including phenoxy) is 2. The van der Waals surface area contributed by atoms with Gasteiger partial charge in [-0.1, -0.05) is 18.2 Å². The summed E-state index contributed by atoms with van der Waals surface area (Å²) in [5, 5.41) is 2.65. The first kappa shape index (κ1) is 26.4. The Morgan fingerprint density at radius 3 is 2.49 bits per heavy atom. The van der Waals surface area contributed by atoms with Crippen molar-refractivity contribution in [1.82, 2.24) is 20.1 Å². The molecule has 37 heavy (non-hydrogen) atoms. The molecule has 1 fully saturated rings. The number of alkyl halides is 3. The highest BCUT2D eigenvalue weighted by Crippen LogP contribution is 2.26. The summed E-state index contributed by atoms with van der Waals surface area (Å²) in [6.45, 7) is 2.92. The highest BCUT2D eigenvalue weighted by Gasteiger charge is 2.32. The number of thiophene rings is 1. The molecule has 0 saturated carbocycles. The van der Waals surface area contributed by atoms with E-state index in [1.54, 1.807) is 35.4 Å². The second-order valence-electron chi connectivity index (χ2n) is 8.23. The number of hydrogen-bond donors (Lipinski definition) is 1. The molecule has 8 nitrogen and oxygen atoms in total. The third-order valence-corrected chi connectivity index (χ3v) is 6.82. The quantitative estimate of drug-likeness (QED) is 0.472. The summed E-state index contributed by atoms with van der Waals surface area (Å²) in [4.78, 5) is 35.0. The predicted molar refractivity (Wildman–Crippen MR) is 131 cm³/mol. The van der Waals surface area contributed by atoms with E-state index in [1.807, 2.05) is 6.07 Å². The number of amides is 2. The third kappa shape index (κ3) is 6.98. The summed E-state index contributed by atoms with van der Waals surface area (Å²) in [5.74, 6) is -0.454. The lowest BCUT2D eigenvalue weighted by molar-refractivity contribution is -0.274. The maximum Gasteiger partial charge on any atom is 0.573 e. The second kappa shape index (κ2) is 11.6. The summed E-state index contributed by atoms with van der Waals surface area (Å²) in [6.07, 6.45) is -3.25. The van der Waals surface area contributed by atoms with E-state index in [9.17, 15) is 22.8 Å². The number of halogens is 3. The smallest absolute Gasteiger partial charge is 0.494 e. The van der Waals surface area contributed by atoms with Gasteiger partial charge in [-0.15, -0.1) is 24.5 Å². The number of hydrogen-bond acceptors (Lipinski definition) is 7. The van der Waals surface area contributed by atoms with Crippen molar-refractivity contribution < 1.29 is 32.2 Å². The van der Waals surface area contributed by atoms with Gasteiger partial charge in [-0.2, -0.15) is 0 Å². The summed E-state index contributed by atoms with van der Waals surface area (Å²) in [6, 6.07) is 12.7. The van der Waals surface area contributed by atoms with Crippen molar-refractivity contribution in [3.05, 3.63) is 75.7 Å². The molecule has 0 unspecified atom stereocenters. The highest BCUT2D eigenvalue weighted by molar-refractivity contribution is 7.14. The van der Waals surface area contributed by atoms with Crippen LogP contribution in [-0.4, -0.2) is 66.2 Å². The summed E-state index contributed by atoms with van der Waals surface area (Å²) in [5.41, 5.74) is 0.514. The van der Waals surface area contributed by atoms with Crippen molar-refractivity contribution in [3.8, 4) is 11.5 Å². The zero-order valence-corrected chi connectivity index (χ0v) is 20.8. The van der Waals surface area contributed by atoms with E-state index < -0.39 is 6.36 Å². The topological polar surface area (TPSA) is 84.0 Å². The van der Waals surface area contributed by atoms with E-state index in [4.69, 9.17) is 4.74 Å². The van der Waals surface area contributed by atoms with Crippen LogP contribution in [-0.2, 0) is 13.1 Å². The predicted octanol–water partition coefficient (Wildman–Crippen LogP) is 3.94. The van der Waals surface area contributed by atoms with Gasteiger partial charge in [0.1, 0.15) is 11.5 Å². The van der Waals surface area contributed by atoms with Gasteiger partial charge in [-0.3, -0.25) is 14.5 Å². The lowest BCUT2D eigenvalue weighted by atomic mass is 10.2. The maximum atomic E-state index is 12.8. The van der Waals surface area contributed by atoms with Crippen molar-refractivity contribution in [2.75, 3.05) is 33.3 Å². The van der Waals surface area contributed by atoms with Crippen LogP contribution in [0.3, 0.4) is 0 Å². The Labute approximate surface area is 215 Å². The van der Waals surface area contributed by atoms with Crippen LogP contribution in [0.5, 0.6) is 11.5 Å². The van der Waals surface area contributed by atoms with Crippen LogP contribution in [0.2, 0.25) is 0 Å². The molecular formula is C25H25F3N4O4S. The Morgan fingerprint density at radius 1 is 1.03 bits per heavy atom. The van der Waals surface area contributed by atoms with Crippen molar-refractivity contribution >= 4 is 23.2 Å². The standard InChI is InChI=1S/C25H25F3N4O4S/c1-35-20-7-4-10-29-22(20)24(34)32-13-11-31(12-14-32)16-18-8-9-21(37-18)23(33)30-15-17-5-2-3-6-19(17)36-25(26,27)28/h2-10H,11-16H2,1H3,(H,30,33). The molecule has 1 N–H and O–H groups in total. The molecule has 3 heterocycles. The molecule has 12 heteroatoms. The minimum Gasteiger partial charge on any atom is -0.494 e. The van der Waals surface area contributed by atoms with E-state index in [1.165, 1.54) is 36.6 Å². The molecule has 1 aromatic carbocycles. The van der Waals surface area contributed by atoms with E-state index in [-0.39, 0.29) is 29.7 Å². The number of piperazine rings is 1. The van der Waals surface area contributed by atoms with Crippen LogP contribution >= 0.6 is 11.3 Å². The number of pyridine rings is 1. The van der Waals surface area contributed by atoms with Crippen LogP contribution in [0, 0.1) is 0 Å². The van der Waals surface area contributed by atoms with Crippen LogP contribution in [0.1, 0.15) is 30.6 Å². The number of nitrogens with one attached hydrogen (secondary N) is 1. The molecule has 1 saturated heterocycles. The van der Waals surface area contributed by atoms with E-state index in [2.05, 4.69) is 19.9 Å². The third-order valence-electron chi connectivity index (χ3n) is 5.76. The number of carbonyl (C=O) groups excluding carboxylic acids is 2. The Morgan fingerprint density at radius 2 is 1.76 bits per heavy atom. The van der Waals surface area contributed by atoms with Crippen molar-refractivity contribution in [2.24, 2.45) is 0 Å². The van der Waals surface area contributed by atoms with Crippen molar-refractivity contribution in [1.29, 1.82) is 0 Å². The highest BCUT2D eigenvalue weighted by atomic mass is 32.1. The maximum absolute atomic E-state index is 12.8. The van der Waals surface area contributed by atoms with Crippen LogP contribution in [0.15, 0.2) is 54.7 Å². The largest absolute Gasteiger partial charge is 0.573 e. The molecule has 196 valence electrons. The minimum absolute atomic E-state index is 0.102. The molecule has 2 aromatic heterocycles. The summed E-state index contributed by atoms with van der Waals surface area (Å²) >= 11 is 1.32. The summed E-state index contributed by atoms with van der Waals surface area (Å²) in [7, 11) is 1.50. The molecular weight excluding hydrogens is 509 g/mol. The molecule has 0 atom stereocenters. The Bertz CT molecular complexity index is 1240. The average molecular weight is 535 g/mol. The van der Waals surface area contributed by atoms with Gasteiger partial charge in [0, 0.05) is 55.9 Å². The van der Waals surface area contributed by atoms with Gasteiger partial charge in [0.25, 0.3) is 11.8 Å². The van der Waals surface area contributed by atoms with Gasteiger partial charge in [0.2, 0.25) is 0 Å². The van der Waals surface area contributed by atoms with Gasteiger partial charge in [0.15, 0.2) is 5.69 Å². The normalized spacial score (nSPS) is 14.3. The van der Waals surface area contributed by atoms with Gasteiger partial charge in [0.05, 0.1) is 12.0 Å². The van der Waals surface area contributed by atoms with Gasteiger partial charge in [-0.05, 0) is 30.3 Å². The van der Waals surface area contributed by atoms with Gasteiger partial charge >= 0.3 is 6.36 Å². The molecule has 0 spiro atoms. The molecule has 4 rings (SSSR count). The number of methoxy groups -OCH3 is 1. The van der Waals surface area contributed by atoms with Crippen LogP contribution in [0.4, 0.5) is 13.2 Å². The average Bonchev–Trinajstić information content (AvgIpc) is 3.35. The number of nitrogens with zero attached hydrogens (tertiary/aromatic N) is 3. The fraction of sp³-hybridized carbons (Fsp3) is 0.320. The molecule has 3 aromatic rings. The van der Waals surface area contributed by atoms with E-state index in [0.717, 1.165) is 4.88 Å². The zero-order valence-electron chi connectivity index (χ0n) is 20.0. The molecule has 0 radical (unpaired) electrons. The van der Waals surface area contributed by atoms with E-state index in [0.29, 0.717) is 49.0 Å². The Hall–Kier alpha value is -3.64. The van der Waals surface area contributed by atoms with Crippen LogP contribution in [0.25, 0.3) is 0 Å². The first-order chi connectivity index (χ1) is 17.7. The van der Waals surface area contributed by atoms with Gasteiger partial charge < -0.3 is 19.7 Å². The minimum atomic E-state index is -4.81. The molecule has 1 aliphatic heterocycles. The first-order valence-corrected chi connectivity index (χ1v) is 12.3. The van der Waals surface area contributed by atoms with Gasteiger partial charge in [-0.25, -0.2) is 4.98 Å². The number of para-hydroxylation sites is 1. The second-order valence-corrected chi connectivity index (χ2v) is 9.40. The molecule has 0 bridgehead atoms. The number of benzene rings is 1. The van der Waals surface area contributed by atoms with E-state index >= 15 is 0 Å².